The third-order valence-corrected chi connectivity index (χ3v) is 4.16. The van der Waals surface area contributed by atoms with Crippen LogP contribution in [0.3, 0.4) is 0 Å². The molecule has 0 saturated heterocycles. The van der Waals surface area contributed by atoms with E-state index in [1.165, 1.54) is 18.3 Å². The highest BCUT2D eigenvalue weighted by atomic mass is 32.1. The molecule has 3 aromatic rings. The SMILES string of the molecule is CC(=O)NCCNC(=O)c1csc(-c2cc3ccccc3[nH]2)n1. The Morgan fingerprint density at radius 3 is 2.78 bits per heavy atom. The smallest absolute Gasteiger partial charge is 0.270 e. The van der Waals surface area contributed by atoms with Crippen molar-refractivity contribution in [3.05, 3.63) is 41.4 Å². The fourth-order valence-electron chi connectivity index (χ4n) is 2.20. The maximum absolute atomic E-state index is 12.0. The molecule has 118 valence electrons. The summed E-state index contributed by atoms with van der Waals surface area (Å²) < 4.78 is 0. The number of fused-ring (bicyclic) bond motifs is 1. The number of carbonyl (C=O) groups excluding carboxylic acids is 2. The Hall–Kier alpha value is -2.67. The van der Waals surface area contributed by atoms with Crippen LogP contribution in [0.5, 0.6) is 0 Å². The number of benzene rings is 1. The zero-order valence-electron chi connectivity index (χ0n) is 12.6. The lowest BCUT2D eigenvalue weighted by atomic mass is 10.2. The van der Waals surface area contributed by atoms with Crippen molar-refractivity contribution in [2.24, 2.45) is 0 Å². The highest BCUT2D eigenvalue weighted by molar-refractivity contribution is 7.13. The lowest BCUT2D eigenvalue weighted by Gasteiger charge is -2.03. The quantitative estimate of drug-likeness (QED) is 0.627. The molecule has 6 nitrogen and oxygen atoms in total. The molecule has 2 amide bonds. The molecule has 0 aliphatic rings. The summed E-state index contributed by atoms with van der Waals surface area (Å²) in [6, 6.07) is 10.0. The van der Waals surface area contributed by atoms with Crippen LogP contribution in [0.2, 0.25) is 0 Å². The van der Waals surface area contributed by atoms with Gasteiger partial charge in [-0.1, -0.05) is 18.2 Å². The van der Waals surface area contributed by atoms with E-state index < -0.39 is 0 Å². The fourth-order valence-corrected chi connectivity index (χ4v) is 2.97. The standard InChI is InChI=1S/C16H16N4O2S/c1-10(21)17-6-7-18-15(22)14-9-23-16(20-14)13-8-11-4-2-3-5-12(11)19-13/h2-5,8-9,19H,6-7H2,1H3,(H,17,21)(H,18,22). The van der Waals surface area contributed by atoms with Crippen molar-refractivity contribution in [3.8, 4) is 10.7 Å². The van der Waals surface area contributed by atoms with Crippen LogP contribution >= 0.6 is 11.3 Å². The van der Waals surface area contributed by atoms with Crippen molar-refractivity contribution in [1.29, 1.82) is 0 Å². The predicted octanol–water partition coefficient (Wildman–Crippen LogP) is 2.16. The minimum Gasteiger partial charge on any atom is -0.355 e. The van der Waals surface area contributed by atoms with E-state index in [0.29, 0.717) is 18.8 Å². The van der Waals surface area contributed by atoms with Crippen LogP contribution in [0, 0.1) is 0 Å². The van der Waals surface area contributed by atoms with Gasteiger partial charge in [0.2, 0.25) is 5.91 Å². The molecular weight excluding hydrogens is 312 g/mol. The van der Waals surface area contributed by atoms with Crippen LogP contribution in [0.25, 0.3) is 21.6 Å². The largest absolute Gasteiger partial charge is 0.355 e. The van der Waals surface area contributed by atoms with Crippen molar-refractivity contribution >= 4 is 34.1 Å². The van der Waals surface area contributed by atoms with Crippen LogP contribution in [-0.2, 0) is 4.79 Å². The van der Waals surface area contributed by atoms with Crippen LogP contribution < -0.4 is 10.6 Å². The van der Waals surface area contributed by atoms with Gasteiger partial charge in [0.1, 0.15) is 10.7 Å². The number of hydrogen-bond acceptors (Lipinski definition) is 4. The highest BCUT2D eigenvalue weighted by Crippen LogP contribution is 2.26. The Kier molecular flexibility index (Phi) is 4.38. The molecule has 2 aromatic heterocycles. The Labute approximate surface area is 136 Å². The second-order valence-corrected chi connectivity index (χ2v) is 5.91. The lowest BCUT2D eigenvalue weighted by molar-refractivity contribution is -0.118. The molecule has 0 aliphatic heterocycles. The molecule has 0 spiro atoms. The molecule has 3 rings (SSSR count). The second-order valence-electron chi connectivity index (χ2n) is 5.05. The number of carbonyl (C=O) groups is 2. The number of para-hydroxylation sites is 1. The first-order valence-corrected chi connectivity index (χ1v) is 8.08. The van der Waals surface area contributed by atoms with Gasteiger partial charge in [-0.3, -0.25) is 9.59 Å². The summed E-state index contributed by atoms with van der Waals surface area (Å²) in [7, 11) is 0. The van der Waals surface area contributed by atoms with E-state index in [1.54, 1.807) is 5.38 Å². The monoisotopic (exact) mass is 328 g/mol. The maximum Gasteiger partial charge on any atom is 0.270 e. The zero-order chi connectivity index (χ0) is 16.2. The lowest BCUT2D eigenvalue weighted by Crippen LogP contribution is -2.33. The normalized spacial score (nSPS) is 10.7. The third kappa shape index (κ3) is 3.57. The molecule has 3 N–H and O–H groups in total. The fraction of sp³-hybridized carbons (Fsp3) is 0.188. The number of amides is 2. The van der Waals surface area contributed by atoms with E-state index in [4.69, 9.17) is 0 Å². The van der Waals surface area contributed by atoms with Gasteiger partial charge in [-0.25, -0.2) is 4.98 Å². The second kappa shape index (κ2) is 6.62. The maximum atomic E-state index is 12.0. The summed E-state index contributed by atoms with van der Waals surface area (Å²) in [5.41, 5.74) is 2.32. The van der Waals surface area contributed by atoms with Crippen molar-refractivity contribution in [2.75, 3.05) is 13.1 Å². The number of nitrogens with one attached hydrogen (secondary N) is 3. The van der Waals surface area contributed by atoms with Crippen molar-refractivity contribution in [2.45, 2.75) is 6.92 Å². The summed E-state index contributed by atoms with van der Waals surface area (Å²) in [5.74, 6) is -0.358. The zero-order valence-corrected chi connectivity index (χ0v) is 13.4. The molecule has 1 aromatic carbocycles. The number of hydrogen-bond donors (Lipinski definition) is 3. The van der Waals surface area contributed by atoms with Gasteiger partial charge in [0, 0.05) is 36.3 Å². The summed E-state index contributed by atoms with van der Waals surface area (Å²) in [4.78, 5) is 30.4. The summed E-state index contributed by atoms with van der Waals surface area (Å²) >= 11 is 1.42. The van der Waals surface area contributed by atoms with Crippen LogP contribution in [0.15, 0.2) is 35.7 Å². The van der Waals surface area contributed by atoms with E-state index in [0.717, 1.165) is 21.6 Å². The average Bonchev–Trinajstić information content (AvgIpc) is 3.17. The van der Waals surface area contributed by atoms with Crippen LogP contribution in [0.1, 0.15) is 17.4 Å². The van der Waals surface area contributed by atoms with E-state index in [1.807, 2.05) is 30.3 Å². The van der Waals surface area contributed by atoms with Gasteiger partial charge in [0.05, 0.1) is 5.69 Å². The highest BCUT2D eigenvalue weighted by Gasteiger charge is 2.12. The Morgan fingerprint density at radius 1 is 1.22 bits per heavy atom. The molecule has 0 bridgehead atoms. The number of aromatic nitrogens is 2. The first kappa shape index (κ1) is 15.2. The molecule has 0 unspecified atom stereocenters. The summed E-state index contributed by atoms with van der Waals surface area (Å²) in [6.45, 7) is 2.21. The minimum atomic E-state index is -0.242. The Morgan fingerprint density at radius 2 is 2.00 bits per heavy atom. The Balaban J connectivity index is 1.67. The predicted molar refractivity (Wildman–Crippen MR) is 90.4 cm³/mol. The van der Waals surface area contributed by atoms with Gasteiger partial charge in [0.15, 0.2) is 0 Å². The number of aromatic amines is 1. The van der Waals surface area contributed by atoms with E-state index >= 15 is 0 Å². The van der Waals surface area contributed by atoms with Crippen molar-refractivity contribution in [1.82, 2.24) is 20.6 Å². The summed E-state index contributed by atoms with van der Waals surface area (Å²) in [5, 5.41) is 8.96. The van der Waals surface area contributed by atoms with Gasteiger partial charge in [-0.05, 0) is 12.1 Å². The van der Waals surface area contributed by atoms with E-state index in [2.05, 4.69) is 20.6 Å². The average molecular weight is 328 g/mol. The number of thiazole rings is 1. The number of H-pyrrole nitrogens is 1. The molecular formula is C16H16N4O2S. The first-order valence-electron chi connectivity index (χ1n) is 7.20. The van der Waals surface area contributed by atoms with Gasteiger partial charge in [-0.2, -0.15) is 0 Å². The van der Waals surface area contributed by atoms with Gasteiger partial charge >= 0.3 is 0 Å². The molecule has 0 fully saturated rings. The first-order chi connectivity index (χ1) is 11.1. The molecule has 0 saturated carbocycles. The van der Waals surface area contributed by atoms with Crippen molar-refractivity contribution < 1.29 is 9.59 Å². The molecule has 23 heavy (non-hydrogen) atoms. The molecule has 2 heterocycles. The molecule has 0 aliphatic carbocycles. The molecule has 0 radical (unpaired) electrons. The minimum absolute atomic E-state index is 0.117. The molecule has 7 heteroatoms. The number of nitrogens with zero attached hydrogens (tertiary/aromatic N) is 1. The number of rotatable bonds is 5. The van der Waals surface area contributed by atoms with Gasteiger partial charge < -0.3 is 15.6 Å². The topological polar surface area (TPSA) is 86.9 Å². The van der Waals surface area contributed by atoms with E-state index in [9.17, 15) is 9.59 Å². The third-order valence-electron chi connectivity index (χ3n) is 3.28. The van der Waals surface area contributed by atoms with Crippen LogP contribution in [0.4, 0.5) is 0 Å². The Bertz CT molecular complexity index is 820. The van der Waals surface area contributed by atoms with Crippen LogP contribution in [-0.4, -0.2) is 34.9 Å². The van der Waals surface area contributed by atoms with E-state index in [-0.39, 0.29) is 11.8 Å². The molecule has 0 atom stereocenters. The van der Waals surface area contributed by atoms with Gasteiger partial charge in [0.25, 0.3) is 5.91 Å². The van der Waals surface area contributed by atoms with Gasteiger partial charge in [-0.15, -0.1) is 11.3 Å². The summed E-state index contributed by atoms with van der Waals surface area (Å²) in [6.07, 6.45) is 0. The van der Waals surface area contributed by atoms with Crippen molar-refractivity contribution in [3.63, 3.8) is 0 Å².